The molecule has 2 saturated heterocycles. The van der Waals surface area contributed by atoms with Crippen molar-refractivity contribution in [3.8, 4) is 22.9 Å². The van der Waals surface area contributed by atoms with Gasteiger partial charge in [0.1, 0.15) is 23.2 Å². The average Bonchev–Trinajstić information content (AvgIpc) is 3.43. The van der Waals surface area contributed by atoms with Crippen molar-refractivity contribution in [1.29, 1.82) is 5.26 Å². The summed E-state index contributed by atoms with van der Waals surface area (Å²) in [5.41, 5.74) is 1.74. The number of amides is 2. The Morgan fingerprint density at radius 2 is 1.88 bits per heavy atom. The first-order chi connectivity index (χ1) is 22.8. The van der Waals surface area contributed by atoms with Gasteiger partial charge in [0.25, 0.3) is 0 Å². The molecule has 14 heteroatoms. The zero-order chi connectivity index (χ0) is 34.6. The summed E-state index contributed by atoms with van der Waals surface area (Å²) in [6, 6.07) is 8.14. The van der Waals surface area contributed by atoms with Gasteiger partial charge < -0.3 is 24.4 Å². The molecule has 5 heterocycles. The van der Waals surface area contributed by atoms with Crippen LogP contribution < -0.4 is 15.0 Å². The second kappa shape index (κ2) is 14.2. The second-order valence-electron chi connectivity index (χ2n) is 13.7. The van der Waals surface area contributed by atoms with Gasteiger partial charge in [-0.25, -0.2) is 29.1 Å². The third-order valence-electron chi connectivity index (χ3n) is 8.41. The third kappa shape index (κ3) is 8.08. The molecule has 0 radical (unpaired) electrons. The van der Waals surface area contributed by atoms with Crippen LogP contribution in [-0.2, 0) is 9.47 Å². The van der Waals surface area contributed by atoms with E-state index in [-0.39, 0.29) is 12.2 Å². The summed E-state index contributed by atoms with van der Waals surface area (Å²) in [7, 11) is 1.87. The van der Waals surface area contributed by atoms with Gasteiger partial charge in [-0.15, -0.1) is 0 Å². The first-order valence-electron chi connectivity index (χ1n) is 16.5. The maximum Gasteiger partial charge on any atom is 0.425 e. The molecule has 0 bridgehead atoms. The van der Waals surface area contributed by atoms with Gasteiger partial charge in [0.05, 0.1) is 54.9 Å². The minimum absolute atomic E-state index is 0.240. The predicted octanol–water partition coefficient (Wildman–Crippen LogP) is 4.50. The Labute approximate surface area is 282 Å². The van der Waals surface area contributed by atoms with E-state index >= 15 is 0 Å². The highest BCUT2D eigenvalue weighted by atomic mass is 16.6. The normalized spacial score (nSPS) is 17.3. The zero-order valence-corrected chi connectivity index (χ0v) is 29.0. The Morgan fingerprint density at radius 1 is 1.12 bits per heavy atom. The van der Waals surface area contributed by atoms with E-state index in [0.29, 0.717) is 75.7 Å². The first-order valence-corrected chi connectivity index (χ1v) is 16.5. The van der Waals surface area contributed by atoms with E-state index < -0.39 is 17.2 Å². The Morgan fingerprint density at radius 3 is 2.48 bits per heavy atom. The molecule has 0 spiro atoms. The van der Waals surface area contributed by atoms with Gasteiger partial charge in [-0.05, 0) is 72.6 Å². The van der Waals surface area contributed by atoms with Crippen LogP contribution in [0.2, 0.25) is 0 Å². The monoisotopic (exact) mass is 661 g/mol. The Balaban J connectivity index is 1.29. The van der Waals surface area contributed by atoms with Gasteiger partial charge >= 0.3 is 12.2 Å². The molecule has 14 nitrogen and oxygen atoms in total. The molecule has 258 valence electrons. The van der Waals surface area contributed by atoms with Crippen LogP contribution in [0.3, 0.4) is 0 Å². The molecule has 0 saturated carbocycles. The number of hydrogen-bond acceptors (Lipinski definition) is 11. The number of pyridine rings is 2. The van der Waals surface area contributed by atoms with Crippen LogP contribution in [-0.4, -0.2) is 112 Å². The molecule has 3 aromatic heterocycles. The average molecular weight is 662 g/mol. The number of carbonyl (C=O) groups is 2. The summed E-state index contributed by atoms with van der Waals surface area (Å²) in [5.74, 6) is 1.48. The van der Waals surface area contributed by atoms with Gasteiger partial charge in [0.2, 0.25) is 0 Å². The summed E-state index contributed by atoms with van der Waals surface area (Å²) >= 11 is 0. The van der Waals surface area contributed by atoms with E-state index in [4.69, 9.17) is 19.2 Å². The number of carbonyl (C=O) groups excluding carboxylic acids is 2. The first kappa shape index (κ1) is 34.7. The highest BCUT2D eigenvalue weighted by Crippen LogP contribution is 2.33. The van der Waals surface area contributed by atoms with Crippen LogP contribution in [0, 0.1) is 11.3 Å². The van der Waals surface area contributed by atoms with Crippen molar-refractivity contribution < 1.29 is 23.8 Å². The molecule has 0 atom stereocenters. The molecule has 0 aliphatic carbocycles. The molecule has 48 heavy (non-hydrogen) atoms. The van der Waals surface area contributed by atoms with Crippen LogP contribution in [0.25, 0.3) is 16.6 Å². The predicted molar refractivity (Wildman–Crippen MR) is 180 cm³/mol. The number of rotatable bonds is 8. The van der Waals surface area contributed by atoms with Gasteiger partial charge in [0.15, 0.2) is 0 Å². The fourth-order valence-electron chi connectivity index (χ4n) is 6.27. The smallest absolute Gasteiger partial charge is 0.425 e. The van der Waals surface area contributed by atoms with Crippen molar-refractivity contribution >= 4 is 23.5 Å². The van der Waals surface area contributed by atoms with Crippen molar-refractivity contribution in [2.75, 3.05) is 57.9 Å². The van der Waals surface area contributed by atoms with E-state index in [9.17, 15) is 14.9 Å². The van der Waals surface area contributed by atoms with Gasteiger partial charge in [-0.2, -0.15) is 10.4 Å². The van der Waals surface area contributed by atoms with Crippen molar-refractivity contribution in [2.24, 2.45) is 0 Å². The molecular weight excluding hydrogens is 614 g/mol. The Hall–Kier alpha value is -4.61. The lowest BCUT2D eigenvalue weighted by Gasteiger charge is -2.48. The maximum absolute atomic E-state index is 12.9. The number of nitriles is 1. The summed E-state index contributed by atoms with van der Waals surface area (Å²) in [6.07, 6.45) is 5.46. The van der Waals surface area contributed by atoms with E-state index in [1.54, 1.807) is 21.9 Å². The van der Waals surface area contributed by atoms with Crippen molar-refractivity contribution in [3.05, 3.63) is 42.4 Å². The van der Waals surface area contributed by atoms with Crippen LogP contribution in [0.4, 0.5) is 15.4 Å². The standard InChI is InChI=1S/C34H47N9O5/c1-8-46-27-17-28(30-26(18-35)20-37-42(30)21-27)25-9-10-29(36-19-25)41-13-11-34(12-14-41,38-31(44)47-24(2)3)22-40-15-16-43(39(7)23-40)32(45)48-33(4,5)6/h9-10,17,19-21,24H,8,11-16,22-23H2,1-7H3,(H,38,44). The largest absolute Gasteiger partial charge is 0.492 e. The number of ether oxygens (including phenoxy) is 3. The minimum atomic E-state index is -0.578. The van der Waals surface area contributed by atoms with Crippen LogP contribution in [0.15, 0.2) is 36.8 Å². The van der Waals surface area contributed by atoms with Crippen molar-refractivity contribution in [1.82, 2.24) is 34.8 Å². The van der Waals surface area contributed by atoms with Gasteiger partial charge in [-0.3, -0.25) is 4.90 Å². The Bertz CT molecular complexity index is 1640. The highest BCUT2D eigenvalue weighted by Gasteiger charge is 2.40. The highest BCUT2D eigenvalue weighted by molar-refractivity contribution is 5.85. The van der Waals surface area contributed by atoms with E-state index in [2.05, 4.69) is 26.3 Å². The molecule has 3 aromatic rings. The molecule has 0 aromatic carbocycles. The SMILES string of the molecule is CCOc1cc(-c2ccc(N3CCC(CN4CCN(C(=O)OC(C)(C)C)N(C)C4)(NC(=O)OC(C)C)CC3)nc2)c2c(C#N)cnn2c1. The molecule has 2 fully saturated rings. The van der Waals surface area contributed by atoms with Crippen LogP contribution in [0.1, 0.15) is 59.9 Å². The maximum atomic E-state index is 12.9. The topological polar surface area (TPSA) is 141 Å². The minimum Gasteiger partial charge on any atom is -0.492 e. The van der Waals surface area contributed by atoms with E-state index in [1.165, 1.54) is 0 Å². The fourth-order valence-corrected chi connectivity index (χ4v) is 6.27. The molecule has 2 aliphatic heterocycles. The lowest BCUT2D eigenvalue weighted by atomic mass is 9.86. The quantitative estimate of drug-likeness (QED) is 0.365. The number of aromatic nitrogens is 3. The summed E-state index contributed by atoms with van der Waals surface area (Å²) < 4.78 is 18.5. The van der Waals surface area contributed by atoms with Crippen LogP contribution in [0.5, 0.6) is 5.75 Å². The lowest BCUT2D eigenvalue weighted by molar-refractivity contribution is -0.0937. The number of hydrogen-bond donors (Lipinski definition) is 1. The number of nitrogens with one attached hydrogen (secondary N) is 1. The lowest BCUT2D eigenvalue weighted by Crippen LogP contribution is -2.65. The third-order valence-corrected chi connectivity index (χ3v) is 8.41. The number of piperidine rings is 1. The number of anilines is 1. The second-order valence-corrected chi connectivity index (χ2v) is 13.7. The van der Waals surface area contributed by atoms with Gasteiger partial charge in [-0.1, -0.05) is 0 Å². The number of alkyl carbamates (subject to hydrolysis) is 1. The summed E-state index contributed by atoms with van der Waals surface area (Å²) in [4.78, 5) is 35.0. The molecule has 5 rings (SSSR count). The summed E-state index contributed by atoms with van der Waals surface area (Å²) in [6.45, 7) is 15.3. The molecule has 0 unspecified atom stereocenters. The van der Waals surface area contributed by atoms with Crippen molar-refractivity contribution in [3.63, 3.8) is 0 Å². The zero-order valence-electron chi connectivity index (χ0n) is 29.0. The van der Waals surface area contributed by atoms with Gasteiger partial charge in [0, 0.05) is 50.6 Å². The van der Waals surface area contributed by atoms with Crippen LogP contribution >= 0.6 is 0 Å². The number of nitrogens with zero attached hydrogens (tertiary/aromatic N) is 8. The summed E-state index contributed by atoms with van der Waals surface area (Å²) in [5, 5.41) is 20.7. The van der Waals surface area contributed by atoms with Crippen molar-refractivity contribution in [2.45, 2.75) is 71.6 Å². The molecule has 1 N–H and O–H groups in total. The van der Waals surface area contributed by atoms with E-state index in [0.717, 1.165) is 16.9 Å². The Kier molecular flexibility index (Phi) is 10.3. The molecular formula is C34H47N9O5. The molecule has 2 amide bonds. The fraction of sp³-hybridized carbons (Fsp3) is 0.559. The number of hydrazine groups is 1. The molecule has 2 aliphatic rings. The van der Waals surface area contributed by atoms with E-state index in [1.807, 2.05) is 78.0 Å². The number of fused-ring (bicyclic) bond motifs is 1.